The number of hydrogen-bond donors (Lipinski definition) is 8. The van der Waals surface area contributed by atoms with E-state index in [2.05, 4.69) is 44.1 Å². The second-order valence-electron chi connectivity index (χ2n) is 23.4. The highest BCUT2D eigenvalue weighted by Crippen LogP contribution is 2.38. The van der Waals surface area contributed by atoms with E-state index >= 15 is 0 Å². The van der Waals surface area contributed by atoms with Crippen LogP contribution in [-0.4, -0.2) is 166 Å². The molecule has 438 valence electrons. The molecular formula is C55H94N8O14. The third-order valence-electron chi connectivity index (χ3n) is 18.8. The van der Waals surface area contributed by atoms with Gasteiger partial charge < -0.3 is 71.4 Å². The number of ether oxygens (including phenoxy) is 6. The summed E-state index contributed by atoms with van der Waals surface area (Å²) in [7, 11) is 0. The standard InChI is InChI=1S/C55H94N8O14/c1-17-72-55(71)50-45(63-37(16)66)32(11)29(8)42(77-50)22-58-52(68)47-34(13)24(3)26(5)40(75-47)20-60-54(70)49-44(62-36(15)65)31(10)28(7)41(76-49)21-57-51(67)46-33(12)23(2)25(4)39(74-46)19-59-53(69)48-43(61-35(14)64)30(9)27(6)38(18-56)73-48/h23-34,38-50H,17-22,56H2,1-16H3,(H,57,67)(H,58,68)(H,59,69)(H,60,70)(H,61,64)(H,62,65)(H,63,66)/t23-,24-,25-,26-,27-,28-,29?,30-,31-,32-,33+,34+,38+,39+,40+,41+,42+,43+,44+,45+,46+,47+,48+,49+,50+/m0/s1. The summed E-state index contributed by atoms with van der Waals surface area (Å²) in [6.07, 6.45) is -7.63. The molecule has 77 heavy (non-hydrogen) atoms. The largest absolute Gasteiger partial charge is 0.464 e. The number of carbonyl (C=O) groups is 8. The van der Waals surface area contributed by atoms with E-state index in [-0.39, 0.29) is 146 Å². The smallest absolute Gasteiger partial charge is 0.337 e. The molecule has 0 radical (unpaired) electrons. The molecule has 0 aliphatic carbocycles. The van der Waals surface area contributed by atoms with E-state index in [4.69, 9.17) is 34.2 Å². The molecule has 5 rings (SSSR count). The van der Waals surface area contributed by atoms with E-state index in [1.165, 1.54) is 20.8 Å². The fraction of sp³-hybridized carbons (Fsp3) is 0.855. The maximum absolute atomic E-state index is 14.3. The van der Waals surface area contributed by atoms with Crippen LogP contribution in [0.1, 0.15) is 111 Å². The Morgan fingerprint density at radius 1 is 0.364 bits per heavy atom. The summed E-state index contributed by atoms with van der Waals surface area (Å²) >= 11 is 0. The highest BCUT2D eigenvalue weighted by atomic mass is 16.6. The Bertz CT molecular complexity index is 2090. The second-order valence-corrected chi connectivity index (χ2v) is 23.4. The lowest BCUT2D eigenvalue weighted by molar-refractivity contribution is -0.180. The van der Waals surface area contributed by atoms with Crippen molar-refractivity contribution in [3.8, 4) is 0 Å². The first-order valence-corrected chi connectivity index (χ1v) is 28.2. The highest BCUT2D eigenvalue weighted by molar-refractivity contribution is 5.85. The van der Waals surface area contributed by atoms with Crippen molar-refractivity contribution in [3.63, 3.8) is 0 Å². The van der Waals surface area contributed by atoms with Gasteiger partial charge in [0.05, 0.1) is 55.3 Å². The third kappa shape index (κ3) is 14.9. The van der Waals surface area contributed by atoms with Gasteiger partial charge in [-0.25, -0.2) is 4.79 Å². The van der Waals surface area contributed by atoms with Gasteiger partial charge >= 0.3 is 5.97 Å². The van der Waals surface area contributed by atoms with Crippen molar-refractivity contribution >= 4 is 47.3 Å². The zero-order valence-corrected chi connectivity index (χ0v) is 48.5. The average Bonchev–Trinajstić information content (AvgIpc) is 3.37. The number of hydrogen-bond acceptors (Lipinski definition) is 15. The van der Waals surface area contributed by atoms with Gasteiger partial charge in [0.15, 0.2) is 18.3 Å². The third-order valence-corrected chi connectivity index (χ3v) is 18.8. The molecule has 0 saturated carbocycles. The van der Waals surface area contributed by atoms with E-state index in [9.17, 15) is 38.4 Å². The summed E-state index contributed by atoms with van der Waals surface area (Å²) in [5.74, 6) is -4.57. The zero-order chi connectivity index (χ0) is 57.5. The molecule has 5 fully saturated rings. The van der Waals surface area contributed by atoms with E-state index < -0.39 is 90.8 Å². The van der Waals surface area contributed by atoms with Gasteiger partial charge in [-0.1, -0.05) is 83.1 Å². The molecule has 5 saturated heterocycles. The van der Waals surface area contributed by atoms with Crippen LogP contribution < -0.4 is 43.0 Å². The number of carbonyl (C=O) groups excluding carboxylic acids is 8. The minimum atomic E-state index is -1.15. The van der Waals surface area contributed by atoms with Gasteiger partial charge in [-0.2, -0.15) is 0 Å². The van der Waals surface area contributed by atoms with Gasteiger partial charge in [0, 0.05) is 53.5 Å². The Morgan fingerprint density at radius 3 is 0.935 bits per heavy atom. The number of amides is 7. The summed E-state index contributed by atoms with van der Waals surface area (Å²) in [4.78, 5) is 106. The van der Waals surface area contributed by atoms with Crippen molar-refractivity contribution in [2.45, 2.75) is 190 Å². The maximum Gasteiger partial charge on any atom is 0.337 e. The topological polar surface area (TPSA) is 302 Å². The van der Waals surface area contributed by atoms with Crippen LogP contribution in [0.25, 0.3) is 0 Å². The van der Waals surface area contributed by atoms with Crippen LogP contribution in [0.15, 0.2) is 0 Å². The maximum atomic E-state index is 14.3. The molecule has 5 aliphatic rings. The average molecular weight is 1090 g/mol. The van der Waals surface area contributed by atoms with Crippen molar-refractivity contribution in [2.24, 2.45) is 76.7 Å². The zero-order valence-electron chi connectivity index (χ0n) is 48.5. The normalized spacial score (nSPS) is 41.1. The minimum absolute atomic E-state index is 0.00139. The van der Waals surface area contributed by atoms with Crippen molar-refractivity contribution in [1.82, 2.24) is 37.2 Å². The quantitative estimate of drug-likeness (QED) is 0.0887. The van der Waals surface area contributed by atoms with Crippen LogP contribution in [0, 0.1) is 71.0 Å². The molecular weight excluding hydrogens is 997 g/mol. The van der Waals surface area contributed by atoms with Crippen LogP contribution in [0.5, 0.6) is 0 Å². The lowest BCUT2D eigenvalue weighted by Gasteiger charge is -2.46. The molecule has 0 bridgehead atoms. The van der Waals surface area contributed by atoms with Gasteiger partial charge in [-0.3, -0.25) is 33.6 Å². The second kappa shape index (κ2) is 27.6. The Morgan fingerprint density at radius 2 is 0.623 bits per heavy atom. The van der Waals surface area contributed by atoms with Crippen molar-refractivity contribution in [2.75, 3.05) is 39.3 Å². The van der Waals surface area contributed by atoms with Crippen LogP contribution in [0.4, 0.5) is 0 Å². The Hall–Kier alpha value is -4.48. The molecule has 22 heteroatoms. The number of nitrogens with one attached hydrogen (secondary N) is 7. The first-order valence-electron chi connectivity index (χ1n) is 28.2. The van der Waals surface area contributed by atoms with Gasteiger partial charge in [0.2, 0.25) is 29.5 Å². The monoisotopic (exact) mass is 1090 g/mol. The van der Waals surface area contributed by atoms with Crippen molar-refractivity contribution in [1.29, 1.82) is 0 Å². The van der Waals surface area contributed by atoms with Crippen LogP contribution in [-0.2, 0) is 66.8 Å². The molecule has 0 aromatic heterocycles. The Balaban J connectivity index is 1.21. The molecule has 22 nitrogen and oxygen atoms in total. The Kier molecular flexibility index (Phi) is 22.7. The molecule has 9 N–H and O–H groups in total. The number of rotatable bonds is 18. The highest BCUT2D eigenvalue weighted by Gasteiger charge is 2.51. The lowest BCUT2D eigenvalue weighted by Crippen LogP contribution is -2.64. The summed E-state index contributed by atoms with van der Waals surface area (Å²) in [5, 5.41) is 20.7. The fourth-order valence-electron chi connectivity index (χ4n) is 12.3. The van der Waals surface area contributed by atoms with E-state index in [0.29, 0.717) is 0 Å². The van der Waals surface area contributed by atoms with Crippen LogP contribution in [0.3, 0.4) is 0 Å². The number of nitrogens with two attached hydrogens (primary N) is 1. The van der Waals surface area contributed by atoms with Crippen molar-refractivity contribution in [3.05, 3.63) is 0 Å². The predicted molar refractivity (Wildman–Crippen MR) is 284 cm³/mol. The molecule has 1 unspecified atom stereocenters. The van der Waals surface area contributed by atoms with Crippen LogP contribution >= 0.6 is 0 Å². The molecule has 5 heterocycles. The first-order chi connectivity index (χ1) is 36.1. The van der Waals surface area contributed by atoms with Gasteiger partial charge in [-0.15, -0.1) is 0 Å². The van der Waals surface area contributed by atoms with Gasteiger partial charge in [0.25, 0.3) is 11.8 Å². The lowest BCUT2D eigenvalue weighted by atomic mass is 9.76. The summed E-state index contributed by atoms with van der Waals surface area (Å²) < 4.78 is 37.2. The Labute approximate surface area is 456 Å². The van der Waals surface area contributed by atoms with E-state index in [1.807, 2.05) is 76.2 Å². The number of esters is 1. The van der Waals surface area contributed by atoms with E-state index in [1.54, 1.807) is 6.92 Å². The summed E-state index contributed by atoms with van der Waals surface area (Å²) in [6, 6.07) is -1.89. The summed E-state index contributed by atoms with van der Waals surface area (Å²) in [5.41, 5.74) is 6.01. The first kappa shape index (κ1) is 63.4. The fourth-order valence-corrected chi connectivity index (χ4v) is 12.3. The van der Waals surface area contributed by atoms with Crippen molar-refractivity contribution < 1.29 is 66.8 Å². The predicted octanol–water partition coefficient (Wildman–Crippen LogP) is 0.957. The molecule has 0 spiro atoms. The molecule has 0 aromatic rings. The van der Waals surface area contributed by atoms with Crippen LogP contribution in [0.2, 0.25) is 0 Å². The minimum Gasteiger partial charge on any atom is -0.464 e. The molecule has 0 aromatic carbocycles. The van der Waals surface area contributed by atoms with Gasteiger partial charge in [0.1, 0.15) is 12.2 Å². The van der Waals surface area contributed by atoms with E-state index in [0.717, 1.165) is 0 Å². The molecule has 7 amide bonds. The SMILES string of the molecule is CCOC(=O)[C@@H]1O[C@H](CNC(=O)[C@@H]2O[C@H](CNC(=O)[C@@H]3O[C@H](CNC(=O)[C@@H]4O[C@H](CNC(=O)[C@@H]5O[C@H](CN)[C@@H](C)[C@H](C)[C@H]5NC(C)=O)[C@@H](C)[C@H](C)[C@H]4C)[C@@H](C)[C@H](C)[C@H]3NC(C)=O)[C@@H](C)[C@H](C)[C@H]2C)C(C)[C@H](C)[C@H]1NC(C)=O. The van der Waals surface area contributed by atoms with Gasteiger partial charge in [-0.05, 0) is 77.9 Å². The molecule has 5 aliphatic heterocycles. The molecule has 25 atom stereocenters. The summed E-state index contributed by atoms with van der Waals surface area (Å²) in [6.45, 7) is 30.2.